The van der Waals surface area contributed by atoms with Crippen LogP contribution in [0.1, 0.15) is 38.5 Å². The van der Waals surface area contributed by atoms with Crippen molar-refractivity contribution in [3.63, 3.8) is 0 Å². The highest BCUT2D eigenvalue weighted by Gasteiger charge is 2.27. The monoisotopic (exact) mass is 243 g/mol. The predicted octanol–water partition coefficient (Wildman–Crippen LogP) is 1.68. The van der Waals surface area contributed by atoms with Crippen molar-refractivity contribution in [2.45, 2.75) is 38.5 Å². The minimum Gasteiger partial charge on any atom is -0.481 e. The van der Waals surface area contributed by atoms with E-state index in [1.165, 1.54) is 18.6 Å². The highest BCUT2D eigenvalue weighted by Crippen LogP contribution is 2.27. The van der Waals surface area contributed by atoms with Crippen LogP contribution in [0.5, 0.6) is 0 Å². The molecule has 0 unspecified atom stereocenters. The lowest BCUT2D eigenvalue weighted by atomic mass is 9.85. The molecule has 0 atom stereocenters. The van der Waals surface area contributed by atoms with Crippen molar-refractivity contribution in [2.75, 3.05) is 14.2 Å². The molecule has 17 heavy (non-hydrogen) atoms. The van der Waals surface area contributed by atoms with E-state index in [-0.39, 0.29) is 17.7 Å². The number of rotatable bonds is 3. The van der Waals surface area contributed by atoms with Crippen LogP contribution in [0, 0.1) is 11.8 Å². The molecule has 2 aliphatic carbocycles. The summed E-state index contributed by atoms with van der Waals surface area (Å²) in [6.45, 7) is 0. The number of hydroxylamine groups is 2. The molecule has 2 fully saturated rings. The highest BCUT2D eigenvalue weighted by atomic mass is 16.7. The molecule has 1 N–H and O–H groups in total. The summed E-state index contributed by atoms with van der Waals surface area (Å²) in [4.78, 5) is 25.9. The van der Waals surface area contributed by atoms with E-state index >= 15 is 0 Å². The molecule has 0 aromatic carbocycles. The molecule has 2 rings (SSSR count). The first-order valence-electron chi connectivity index (χ1n) is 6.10. The molecule has 5 heteroatoms. The Balaban J connectivity index is 0.000000181. The van der Waals surface area contributed by atoms with Gasteiger partial charge in [-0.3, -0.25) is 14.4 Å². The third-order valence-electron chi connectivity index (χ3n) is 3.49. The molecule has 2 aliphatic rings. The van der Waals surface area contributed by atoms with Gasteiger partial charge in [-0.1, -0.05) is 12.8 Å². The van der Waals surface area contributed by atoms with Crippen LogP contribution < -0.4 is 0 Å². The molecule has 0 aromatic rings. The molecule has 0 aliphatic heterocycles. The molecule has 0 aromatic heterocycles. The van der Waals surface area contributed by atoms with E-state index < -0.39 is 5.97 Å². The Labute approximate surface area is 102 Å². The topological polar surface area (TPSA) is 66.8 Å². The first-order chi connectivity index (χ1) is 8.06. The van der Waals surface area contributed by atoms with Gasteiger partial charge < -0.3 is 5.11 Å². The van der Waals surface area contributed by atoms with Gasteiger partial charge in [-0.2, -0.15) is 0 Å². The summed E-state index contributed by atoms with van der Waals surface area (Å²) < 4.78 is 0. The van der Waals surface area contributed by atoms with Crippen molar-refractivity contribution < 1.29 is 19.5 Å². The van der Waals surface area contributed by atoms with Crippen LogP contribution in [-0.2, 0) is 14.4 Å². The molecule has 0 bridgehead atoms. The first-order valence-corrected chi connectivity index (χ1v) is 6.10. The number of carboxylic acid groups (broad SMARTS) is 1. The largest absolute Gasteiger partial charge is 0.481 e. The lowest BCUT2D eigenvalue weighted by molar-refractivity contribution is -0.176. The number of carbonyl (C=O) groups excluding carboxylic acids is 1. The summed E-state index contributed by atoms with van der Waals surface area (Å²) in [6, 6.07) is 0. The van der Waals surface area contributed by atoms with Crippen molar-refractivity contribution in [3.8, 4) is 0 Å². The summed E-state index contributed by atoms with van der Waals surface area (Å²) in [5, 5.41) is 9.54. The molecular weight excluding hydrogens is 222 g/mol. The zero-order chi connectivity index (χ0) is 12.8. The third-order valence-corrected chi connectivity index (χ3v) is 3.49. The van der Waals surface area contributed by atoms with Gasteiger partial charge in [0.2, 0.25) is 5.91 Å². The maximum atomic E-state index is 11.2. The minimum atomic E-state index is -0.619. The number of nitrogens with zero attached hydrogens (tertiary/aromatic N) is 1. The Morgan fingerprint density at radius 1 is 1.12 bits per heavy atom. The molecule has 5 nitrogen and oxygen atoms in total. The second kappa shape index (κ2) is 6.59. The second-order valence-corrected chi connectivity index (χ2v) is 4.61. The van der Waals surface area contributed by atoms with E-state index in [2.05, 4.69) is 0 Å². The predicted molar refractivity (Wildman–Crippen MR) is 62.1 cm³/mol. The van der Waals surface area contributed by atoms with Gasteiger partial charge in [-0.25, -0.2) is 5.06 Å². The van der Waals surface area contributed by atoms with Crippen molar-refractivity contribution in [1.29, 1.82) is 0 Å². The Hall–Kier alpha value is -1.10. The van der Waals surface area contributed by atoms with E-state index in [9.17, 15) is 9.59 Å². The Morgan fingerprint density at radius 2 is 1.59 bits per heavy atom. The van der Waals surface area contributed by atoms with E-state index in [1.807, 2.05) is 0 Å². The summed E-state index contributed by atoms with van der Waals surface area (Å²) >= 11 is 0. The van der Waals surface area contributed by atoms with Gasteiger partial charge in [-0.15, -0.1) is 0 Å². The van der Waals surface area contributed by atoms with Crippen molar-refractivity contribution in [2.24, 2.45) is 11.8 Å². The number of aliphatic carboxylic acids is 1. The van der Waals surface area contributed by atoms with E-state index in [0.29, 0.717) is 0 Å². The van der Waals surface area contributed by atoms with Crippen LogP contribution in [0.3, 0.4) is 0 Å². The average molecular weight is 243 g/mol. The molecule has 2 saturated carbocycles. The van der Waals surface area contributed by atoms with Crippen LogP contribution in [0.2, 0.25) is 0 Å². The van der Waals surface area contributed by atoms with Crippen LogP contribution >= 0.6 is 0 Å². The lowest BCUT2D eigenvalue weighted by Crippen LogP contribution is -2.35. The van der Waals surface area contributed by atoms with Crippen molar-refractivity contribution in [3.05, 3.63) is 0 Å². The summed E-state index contributed by atoms with van der Waals surface area (Å²) in [7, 11) is 3.16. The number of hydrogen-bond donors (Lipinski definition) is 1. The fourth-order valence-electron chi connectivity index (χ4n) is 1.66. The minimum absolute atomic E-state index is 0.000000000000000444. The maximum absolute atomic E-state index is 11.2. The Bertz CT molecular complexity index is 265. The standard InChI is InChI=1S/C7H13NO2.C5H8O2/c1-8(10-2)7(9)6-4-3-5-6;6-5(7)4-2-1-3-4/h6H,3-5H2,1-2H3;4H,1-3H2,(H,6,7). The molecule has 0 saturated heterocycles. The zero-order valence-electron chi connectivity index (χ0n) is 10.5. The first kappa shape index (κ1) is 14.0. The van der Waals surface area contributed by atoms with Crippen LogP contribution in [0.25, 0.3) is 0 Å². The van der Waals surface area contributed by atoms with Crippen LogP contribution in [0.15, 0.2) is 0 Å². The van der Waals surface area contributed by atoms with E-state index in [1.54, 1.807) is 7.05 Å². The summed E-state index contributed by atoms with van der Waals surface area (Å²) in [6.07, 6.45) is 6.16. The number of carboxylic acids is 1. The second-order valence-electron chi connectivity index (χ2n) is 4.61. The molecule has 98 valence electrons. The molecule has 1 amide bonds. The van der Waals surface area contributed by atoms with E-state index in [4.69, 9.17) is 9.94 Å². The fraction of sp³-hybridized carbons (Fsp3) is 0.833. The molecular formula is C12H21NO4. The number of carbonyl (C=O) groups is 2. The molecule has 0 heterocycles. The summed E-state index contributed by atoms with van der Waals surface area (Å²) in [5.41, 5.74) is 0. The van der Waals surface area contributed by atoms with Crippen LogP contribution in [-0.4, -0.2) is 36.2 Å². The smallest absolute Gasteiger partial charge is 0.306 e. The van der Waals surface area contributed by atoms with Crippen LogP contribution in [0.4, 0.5) is 0 Å². The maximum Gasteiger partial charge on any atom is 0.306 e. The molecule has 0 spiro atoms. The van der Waals surface area contributed by atoms with Gasteiger partial charge in [0, 0.05) is 13.0 Å². The lowest BCUT2D eigenvalue weighted by Gasteiger charge is -2.27. The summed E-state index contributed by atoms with van der Waals surface area (Å²) in [5.74, 6) is -0.259. The molecule has 0 radical (unpaired) electrons. The quantitative estimate of drug-likeness (QED) is 0.766. The third kappa shape index (κ3) is 4.00. The van der Waals surface area contributed by atoms with Crippen molar-refractivity contribution >= 4 is 11.9 Å². The zero-order valence-corrected chi connectivity index (χ0v) is 10.5. The Morgan fingerprint density at radius 3 is 1.76 bits per heavy atom. The average Bonchev–Trinajstić information content (AvgIpc) is 2.11. The Kier molecular flexibility index (Phi) is 5.41. The highest BCUT2D eigenvalue weighted by molar-refractivity contribution is 5.78. The number of hydrogen-bond acceptors (Lipinski definition) is 3. The van der Waals surface area contributed by atoms with Gasteiger partial charge in [0.1, 0.15) is 0 Å². The SMILES string of the molecule is CON(C)C(=O)C1CCC1.O=C(O)C1CCC1. The van der Waals surface area contributed by atoms with E-state index in [0.717, 1.165) is 32.1 Å². The van der Waals surface area contributed by atoms with Gasteiger partial charge in [0.05, 0.1) is 13.0 Å². The van der Waals surface area contributed by atoms with Gasteiger partial charge in [-0.05, 0) is 25.7 Å². The van der Waals surface area contributed by atoms with Gasteiger partial charge >= 0.3 is 5.97 Å². The van der Waals surface area contributed by atoms with Gasteiger partial charge in [0.25, 0.3) is 0 Å². The number of amides is 1. The fourth-order valence-corrected chi connectivity index (χ4v) is 1.66. The van der Waals surface area contributed by atoms with Gasteiger partial charge in [0.15, 0.2) is 0 Å². The normalized spacial score (nSPS) is 19.4. The van der Waals surface area contributed by atoms with Crippen molar-refractivity contribution in [1.82, 2.24) is 5.06 Å².